The highest BCUT2D eigenvalue weighted by Crippen LogP contribution is 2.21. The summed E-state index contributed by atoms with van der Waals surface area (Å²) in [6.45, 7) is 1.50. The van der Waals surface area contributed by atoms with Crippen LogP contribution in [0.15, 0.2) is 0 Å². The van der Waals surface area contributed by atoms with Crippen LogP contribution in [-0.2, 0) is 0 Å². The maximum absolute atomic E-state index is 12.6. The summed E-state index contributed by atoms with van der Waals surface area (Å²) < 4.78 is 37.8. The maximum Gasteiger partial charge on any atom is 0.401 e. The molecule has 1 heterocycles. The van der Waals surface area contributed by atoms with Crippen molar-refractivity contribution in [1.29, 1.82) is 0 Å². The first-order valence-corrected chi connectivity index (χ1v) is 7.15. The molecule has 0 amide bonds. The predicted molar refractivity (Wildman–Crippen MR) is 69.1 cm³/mol. The van der Waals surface area contributed by atoms with Crippen molar-refractivity contribution in [2.24, 2.45) is 0 Å². The van der Waals surface area contributed by atoms with Crippen LogP contribution >= 0.6 is 0 Å². The Morgan fingerprint density at radius 1 is 1.05 bits per heavy atom. The average molecular weight is 282 g/mol. The number of piperidine rings is 1. The molecule has 6 heteroatoms. The first kappa shape index (κ1) is 16.7. The molecule has 0 aromatic heterocycles. The first-order chi connectivity index (χ1) is 9.03. The number of hydrogen-bond acceptors (Lipinski definition) is 3. The molecule has 1 rings (SSSR count). The number of rotatable bonds is 8. The van der Waals surface area contributed by atoms with Gasteiger partial charge < -0.3 is 10.4 Å². The van der Waals surface area contributed by atoms with E-state index in [-0.39, 0.29) is 12.6 Å². The van der Waals surface area contributed by atoms with Gasteiger partial charge >= 0.3 is 6.18 Å². The molecule has 0 spiro atoms. The van der Waals surface area contributed by atoms with Crippen LogP contribution in [-0.4, -0.2) is 55.0 Å². The Morgan fingerprint density at radius 3 is 2.26 bits per heavy atom. The lowest BCUT2D eigenvalue weighted by molar-refractivity contribution is -0.152. The van der Waals surface area contributed by atoms with Crippen LogP contribution in [0.25, 0.3) is 0 Å². The van der Waals surface area contributed by atoms with Crippen molar-refractivity contribution in [2.75, 3.05) is 32.8 Å². The van der Waals surface area contributed by atoms with Gasteiger partial charge in [-0.3, -0.25) is 4.90 Å². The van der Waals surface area contributed by atoms with E-state index in [9.17, 15) is 13.2 Å². The van der Waals surface area contributed by atoms with E-state index in [0.29, 0.717) is 6.54 Å². The van der Waals surface area contributed by atoms with Crippen LogP contribution in [0.4, 0.5) is 13.2 Å². The molecule has 1 saturated heterocycles. The molecule has 1 aliphatic rings. The summed E-state index contributed by atoms with van der Waals surface area (Å²) in [6.07, 6.45) is 0.782. The highest BCUT2D eigenvalue weighted by atomic mass is 19.4. The minimum Gasteiger partial charge on any atom is -0.396 e. The summed E-state index contributed by atoms with van der Waals surface area (Å²) in [5, 5.41) is 11.8. The molecule has 0 aromatic carbocycles. The standard InChI is InChI=1S/C13H25F3N2O/c14-13(15,16)11-18(9-3-1-2-4-10-19)12-5-7-17-8-6-12/h12,17,19H,1-11H2. The van der Waals surface area contributed by atoms with Gasteiger partial charge in [-0.05, 0) is 45.3 Å². The van der Waals surface area contributed by atoms with Gasteiger partial charge in [-0.15, -0.1) is 0 Å². The first-order valence-electron chi connectivity index (χ1n) is 7.15. The van der Waals surface area contributed by atoms with Crippen LogP contribution < -0.4 is 5.32 Å². The van der Waals surface area contributed by atoms with Gasteiger partial charge in [0, 0.05) is 12.6 Å². The van der Waals surface area contributed by atoms with E-state index in [1.165, 1.54) is 0 Å². The van der Waals surface area contributed by atoms with Crippen molar-refractivity contribution in [1.82, 2.24) is 10.2 Å². The second-order valence-electron chi connectivity index (χ2n) is 5.20. The number of aliphatic hydroxyl groups is 1. The maximum atomic E-state index is 12.6. The highest BCUT2D eigenvalue weighted by molar-refractivity contribution is 4.79. The monoisotopic (exact) mass is 282 g/mol. The lowest BCUT2D eigenvalue weighted by Gasteiger charge is -2.35. The van der Waals surface area contributed by atoms with E-state index in [2.05, 4.69) is 5.32 Å². The van der Waals surface area contributed by atoms with Crippen molar-refractivity contribution in [2.45, 2.75) is 50.7 Å². The Hall–Kier alpha value is -0.330. The SMILES string of the molecule is OCCCCCCN(CC(F)(F)F)C1CCNCC1. The van der Waals surface area contributed by atoms with Gasteiger partial charge in [0.1, 0.15) is 0 Å². The molecule has 1 fully saturated rings. The number of aliphatic hydroxyl groups excluding tert-OH is 1. The summed E-state index contributed by atoms with van der Waals surface area (Å²) in [5.74, 6) is 0. The van der Waals surface area contributed by atoms with Gasteiger partial charge in [-0.25, -0.2) is 0 Å². The number of unbranched alkanes of at least 4 members (excludes halogenated alkanes) is 3. The molecular weight excluding hydrogens is 257 g/mol. The molecule has 0 radical (unpaired) electrons. The van der Waals surface area contributed by atoms with Gasteiger partial charge in [-0.1, -0.05) is 12.8 Å². The zero-order valence-corrected chi connectivity index (χ0v) is 11.4. The molecule has 0 aromatic rings. The number of nitrogens with one attached hydrogen (secondary N) is 1. The minimum absolute atomic E-state index is 0.0562. The lowest BCUT2D eigenvalue weighted by Crippen LogP contribution is -2.47. The van der Waals surface area contributed by atoms with Gasteiger partial charge in [0.05, 0.1) is 6.54 Å². The molecule has 3 nitrogen and oxygen atoms in total. The van der Waals surface area contributed by atoms with Crippen LogP contribution in [0.3, 0.4) is 0 Å². The van der Waals surface area contributed by atoms with Gasteiger partial charge in [0.25, 0.3) is 0 Å². The Morgan fingerprint density at radius 2 is 1.68 bits per heavy atom. The van der Waals surface area contributed by atoms with Crippen molar-refractivity contribution in [3.05, 3.63) is 0 Å². The molecule has 2 N–H and O–H groups in total. The topological polar surface area (TPSA) is 35.5 Å². The number of nitrogens with zero attached hydrogens (tertiary/aromatic N) is 1. The van der Waals surface area contributed by atoms with E-state index >= 15 is 0 Å². The Labute approximate surface area is 113 Å². The normalized spacial score (nSPS) is 18.2. The third-order valence-electron chi connectivity index (χ3n) is 3.56. The van der Waals surface area contributed by atoms with Crippen LogP contribution in [0.1, 0.15) is 38.5 Å². The summed E-state index contributed by atoms with van der Waals surface area (Å²) in [6, 6.07) is 0.0562. The van der Waals surface area contributed by atoms with E-state index < -0.39 is 12.7 Å². The minimum atomic E-state index is -4.12. The third kappa shape index (κ3) is 7.74. The summed E-state index contributed by atoms with van der Waals surface area (Å²) in [7, 11) is 0. The van der Waals surface area contributed by atoms with Crippen LogP contribution in [0.2, 0.25) is 0 Å². The predicted octanol–water partition coefficient (Wildman–Crippen LogP) is 2.16. The molecule has 114 valence electrons. The van der Waals surface area contributed by atoms with Crippen molar-refractivity contribution in [3.63, 3.8) is 0 Å². The summed E-state index contributed by atoms with van der Waals surface area (Å²) in [4.78, 5) is 1.60. The zero-order valence-electron chi connectivity index (χ0n) is 11.4. The van der Waals surface area contributed by atoms with Crippen LogP contribution in [0, 0.1) is 0 Å². The van der Waals surface area contributed by atoms with Gasteiger partial charge in [0.2, 0.25) is 0 Å². The third-order valence-corrected chi connectivity index (χ3v) is 3.56. The molecule has 0 aliphatic carbocycles. The molecule has 0 unspecified atom stereocenters. The zero-order chi connectivity index (χ0) is 14.1. The summed E-state index contributed by atoms with van der Waals surface area (Å²) in [5.41, 5.74) is 0. The molecule has 0 saturated carbocycles. The second kappa shape index (κ2) is 8.76. The number of halogens is 3. The van der Waals surface area contributed by atoms with Crippen molar-refractivity contribution < 1.29 is 18.3 Å². The molecule has 1 aliphatic heterocycles. The van der Waals surface area contributed by atoms with E-state index in [1.54, 1.807) is 4.90 Å². The Balaban J connectivity index is 2.35. The second-order valence-corrected chi connectivity index (χ2v) is 5.20. The van der Waals surface area contributed by atoms with Crippen molar-refractivity contribution >= 4 is 0 Å². The van der Waals surface area contributed by atoms with Gasteiger partial charge in [0.15, 0.2) is 0 Å². The lowest BCUT2D eigenvalue weighted by atomic mass is 10.0. The molecule has 0 bridgehead atoms. The average Bonchev–Trinajstić information content (AvgIpc) is 2.37. The molecular formula is C13H25F3N2O. The van der Waals surface area contributed by atoms with E-state index in [0.717, 1.165) is 51.6 Å². The molecule has 19 heavy (non-hydrogen) atoms. The fourth-order valence-electron chi connectivity index (χ4n) is 2.57. The highest BCUT2D eigenvalue weighted by Gasteiger charge is 2.33. The Bertz CT molecular complexity index is 230. The Kier molecular flexibility index (Phi) is 7.71. The largest absolute Gasteiger partial charge is 0.401 e. The fourth-order valence-corrected chi connectivity index (χ4v) is 2.57. The quantitative estimate of drug-likeness (QED) is 0.670. The molecule has 0 atom stereocenters. The van der Waals surface area contributed by atoms with E-state index in [1.807, 2.05) is 0 Å². The fraction of sp³-hybridized carbons (Fsp3) is 1.00. The smallest absolute Gasteiger partial charge is 0.396 e. The van der Waals surface area contributed by atoms with Gasteiger partial charge in [-0.2, -0.15) is 13.2 Å². The summed E-state index contributed by atoms with van der Waals surface area (Å²) >= 11 is 0. The number of alkyl halides is 3. The number of hydrogen-bond donors (Lipinski definition) is 2. The van der Waals surface area contributed by atoms with Crippen LogP contribution in [0.5, 0.6) is 0 Å². The van der Waals surface area contributed by atoms with Crippen molar-refractivity contribution in [3.8, 4) is 0 Å². The van der Waals surface area contributed by atoms with E-state index in [4.69, 9.17) is 5.11 Å².